The van der Waals surface area contributed by atoms with Crippen LogP contribution in [0.1, 0.15) is 18.5 Å². The van der Waals surface area contributed by atoms with Crippen LogP contribution in [0.15, 0.2) is 41.4 Å². The molecule has 0 atom stereocenters. The van der Waals surface area contributed by atoms with Crippen molar-refractivity contribution < 1.29 is 0 Å². The summed E-state index contributed by atoms with van der Waals surface area (Å²) in [4.78, 5) is 1.30. The van der Waals surface area contributed by atoms with E-state index in [1.165, 1.54) is 17.7 Å². The maximum atomic E-state index is 4.20. The van der Waals surface area contributed by atoms with E-state index in [9.17, 15) is 0 Å². The van der Waals surface area contributed by atoms with Gasteiger partial charge in [0.15, 0.2) is 0 Å². The Morgan fingerprint density at radius 2 is 2.10 bits per heavy atom. The molecule has 1 fully saturated rings. The molecule has 0 unspecified atom stereocenters. The monoisotopic (exact) mass is 288 g/mol. The Morgan fingerprint density at radius 3 is 2.90 bits per heavy atom. The van der Waals surface area contributed by atoms with Gasteiger partial charge >= 0.3 is 0 Å². The topological polar surface area (TPSA) is 42.7 Å². The molecule has 20 heavy (non-hydrogen) atoms. The zero-order valence-corrected chi connectivity index (χ0v) is 12.4. The van der Waals surface area contributed by atoms with Crippen LogP contribution >= 0.6 is 11.8 Å². The average molecular weight is 288 g/mol. The number of rotatable bonds is 8. The van der Waals surface area contributed by atoms with E-state index in [0.29, 0.717) is 0 Å². The van der Waals surface area contributed by atoms with Gasteiger partial charge in [-0.3, -0.25) is 4.68 Å². The summed E-state index contributed by atoms with van der Waals surface area (Å²) in [5.74, 6) is 1.93. The van der Waals surface area contributed by atoms with Crippen molar-refractivity contribution in [3.05, 3.63) is 42.2 Å². The summed E-state index contributed by atoms with van der Waals surface area (Å²) in [5, 5.41) is 11.8. The molecule has 0 radical (unpaired) electrons. The Bertz CT molecular complexity index is 522. The van der Waals surface area contributed by atoms with E-state index in [2.05, 4.69) is 39.9 Å². The molecular formula is C15H20N4S. The first-order valence-corrected chi connectivity index (χ1v) is 8.16. The third kappa shape index (κ3) is 4.35. The first kappa shape index (κ1) is 13.6. The van der Waals surface area contributed by atoms with E-state index >= 15 is 0 Å². The number of hydrogen-bond donors (Lipinski definition) is 1. The predicted molar refractivity (Wildman–Crippen MR) is 81.6 cm³/mol. The average Bonchev–Trinajstić information content (AvgIpc) is 3.19. The summed E-state index contributed by atoms with van der Waals surface area (Å²) in [7, 11) is 0. The second kappa shape index (κ2) is 6.90. The predicted octanol–water partition coefficient (Wildman–Crippen LogP) is 2.57. The van der Waals surface area contributed by atoms with Gasteiger partial charge in [0.25, 0.3) is 0 Å². The van der Waals surface area contributed by atoms with E-state index in [1.54, 1.807) is 0 Å². The van der Waals surface area contributed by atoms with Crippen LogP contribution in [0.25, 0.3) is 0 Å². The molecular weight excluding hydrogens is 268 g/mol. The molecule has 0 aliphatic heterocycles. The molecule has 1 aliphatic carbocycles. The summed E-state index contributed by atoms with van der Waals surface area (Å²) >= 11 is 1.85. The second-order valence-corrected chi connectivity index (χ2v) is 6.38. The zero-order valence-electron chi connectivity index (χ0n) is 11.5. The van der Waals surface area contributed by atoms with Crippen LogP contribution in [0, 0.1) is 5.92 Å². The number of benzene rings is 1. The summed E-state index contributed by atoms with van der Waals surface area (Å²) in [6.07, 6.45) is 4.82. The number of nitrogens with zero attached hydrogens (tertiary/aromatic N) is 3. The Balaban J connectivity index is 1.38. The highest BCUT2D eigenvalue weighted by atomic mass is 32.2. The zero-order chi connectivity index (χ0) is 13.6. The minimum atomic E-state index is 0.836. The first-order valence-electron chi connectivity index (χ1n) is 7.18. The summed E-state index contributed by atoms with van der Waals surface area (Å²) < 4.78 is 1.93. The molecule has 1 aromatic carbocycles. The highest BCUT2D eigenvalue weighted by Crippen LogP contribution is 2.27. The minimum Gasteiger partial charge on any atom is -0.311 e. The molecule has 1 saturated carbocycles. The number of thioether (sulfide) groups is 1. The lowest BCUT2D eigenvalue weighted by molar-refractivity contribution is 0.623. The highest BCUT2D eigenvalue weighted by molar-refractivity contribution is 7.99. The molecule has 0 spiro atoms. The van der Waals surface area contributed by atoms with Crippen molar-refractivity contribution in [3.8, 4) is 0 Å². The number of aryl methyl sites for hydroxylation is 1. The standard InChI is InChI=1S/C15H20N4S/c1-2-4-15(5-3-1)20-9-8-19-12-14(17-18-19)11-16-10-13-6-7-13/h1-5,12-13,16H,6-11H2. The van der Waals surface area contributed by atoms with Gasteiger partial charge in [0.2, 0.25) is 0 Å². The molecule has 1 aromatic heterocycles. The molecule has 1 heterocycles. The van der Waals surface area contributed by atoms with Crippen molar-refractivity contribution in [2.45, 2.75) is 30.8 Å². The van der Waals surface area contributed by atoms with Gasteiger partial charge in [-0.1, -0.05) is 23.4 Å². The van der Waals surface area contributed by atoms with Crippen molar-refractivity contribution in [2.24, 2.45) is 5.92 Å². The van der Waals surface area contributed by atoms with Gasteiger partial charge in [-0.15, -0.1) is 16.9 Å². The molecule has 0 saturated heterocycles. The van der Waals surface area contributed by atoms with E-state index in [-0.39, 0.29) is 0 Å². The number of hydrogen-bond acceptors (Lipinski definition) is 4. The van der Waals surface area contributed by atoms with Crippen LogP contribution in [0.2, 0.25) is 0 Å². The molecule has 2 aromatic rings. The van der Waals surface area contributed by atoms with Crippen molar-refractivity contribution >= 4 is 11.8 Å². The van der Waals surface area contributed by atoms with E-state index in [4.69, 9.17) is 0 Å². The molecule has 1 aliphatic rings. The molecule has 4 nitrogen and oxygen atoms in total. The maximum Gasteiger partial charge on any atom is 0.0964 e. The van der Waals surface area contributed by atoms with Crippen molar-refractivity contribution in [1.82, 2.24) is 20.3 Å². The molecule has 5 heteroatoms. The summed E-state index contributed by atoms with van der Waals surface area (Å²) in [5.41, 5.74) is 1.04. The molecule has 0 amide bonds. The van der Waals surface area contributed by atoms with Crippen LogP contribution in [-0.2, 0) is 13.1 Å². The van der Waals surface area contributed by atoms with Crippen LogP contribution in [0.3, 0.4) is 0 Å². The smallest absolute Gasteiger partial charge is 0.0964 e. The van der Waals surface area contributed by atoms with Crippen molar-refractivity contribution in [1.29, 1.82) is 0 Å². The van der Waals surface area contributed by atoms with Crippen LogP contribution < -0.4 is 5.32 Å². The van der Waals surface area contributed by atoms with Gasteiger partial charge in [-0.2, -0.15) is 0 Å². The fourth-order valence-corrected chi connectivity index (χ4v) is 2.89. The second-order valence-electron chi connectivity index (χ2n) is 5.21. The quantitative estimate of drug-likeness (QED) is 0.758. The molecule has 0 bridgehead atoms. The SMILES string of the molecule is c1ccc(SCCn2cc(CNCC3CC3)nn2)cc1. The van der Waals surface area contributed by atoms with Crippen LogP contribution in [0.5, 0.6) is 0 Å². The Morgan fingerprint density at radius 1 is 1.25 bits per heavy atom. The van der Waals surface area contributed by atoms with E-state index in [1.807, 2.05) is 28.7 Å². The third-order valence-corrected chi connectivity index (χ3v) is 4.35. The van der Waals surface area contributed by atoms with Gasteiger partial charge < -0.3 is 5.32 Å². The summed E-state index contributed by atoms with van der Waals surface area (Å²) in [6.45, 7) is 2.86. The largest absolute Gasteiger partial charge is 0.311 e. The lowest BCUT2D eigenvalue weighted by Gasteiger charge is -2.01. The Labute approximate surface area is 124 Å². The van der Waals surface area contributed by atoms with Crippen LogP contribution in [0.4, 0.5) is 0 Å². The molecule has 1 N–H and O–H groups in total. The van der Waals surface area contributed by atoms with Crippen molar-refractivity contribution in [3.63, 3.8) is 0 Å². The lowest BCUT2D eigenvalue weighted by atomic mass is 10.4. The van der Waals surface area contributed by atoms with Crippen LogP contribution in [-0.4, -0.2) is 27.3 Å². The Hall–Kier alpha value is -1.33. The molecule has 3 rings (SSSR count). The van der Waals surface area contributed by atoms with Crippen molar-refractivity contribution in [2.75, 3.05) is 12.3 Å². The van der Waals surface area contributed by atoms with Gasteiger partial charge in [-0.25, -0.2) is 0 Å². The van der Waals surface area contributed by atoms with Gasteiger partial charge in [0.05, 0.1) is 12.2 Å². The lowest BCUT2D eigenvalue weighted by Crippen LogP contribution is -2.16. The Kier molecular flexibility index (Phi) is 4.71. The first-order chi connectivity index (χ1) is 9.90. The van der Waals surface area contributed by atoms with E-state index < -0.39 is 0 Å². The number of nitrogens with one attached hydrogen (secondary N) is 1. The number of aromatic nitrogens is 3. The normalized spacial score (nSPS) is 14.6. The molecule has 106 valence electrons. The van der Waals surface area contributed by atoms with E-state index in [0.717, 1.165) is 37.0 Å². The minimum absolute atomic E-state index is 0.836. The van der Waals surface area contributed by atoms with Gasteiger partial charge in [0.1, 0.15) is 0 Å². The maximum absolute atomic E-state index is 4.20. The summed E-state index contributed by atoms with van der Waals surface area (Å²) in [6, 6.07) is 10.5. The third-order valence-electron chi connectivity index (χ3n) is 3.35. The fraction of sp³-hybridized carbons (Fsp3) is 0.467. The van der Waals surface area contributed by atoms with Gasteiger partial charge in [-0.05, 0) is 37.4 Å². The highest BCUT2D eigenvalue weighted by Gasteiger charge is 2.20. The fourth-order valence-electron chi connectivity index (χ4n) is 2.03. The van der Waals surface area contributed by atoms with Gasteiger partial charge in [0, 0.05) is 23.4 Å².